The van der Waals surface area contributed by atoms with Gasteiger partial charge in [-0.1, -0.05) is 57.2 Å². The highest BCUT2D eigenvalue weighted by Gasteiger charge is 2.53. The van der Waals surface area contributed by atoms with Crippen LogP contribution in [-0.2, 0) is 23.4 Å². The van der Waals surface area contributed by atoms with Gasteiger partial charge in [0.1, 0.15) is 24.4 Å². The van der Waals surface area contributed by atoms with Crippen LogP contribution in [0.1, 0.15) is 32.6 Å². The molecule has 7 heteroatoms. The van der Waals surface area contributed by atoms with Crippen LogP contribution in [0.25, 0.3) is 0 Å². The van der Waals surface area contributed by atoms with Crippen molar-refractivity contribution in [2.45, 2.75) is 75.9 Å². The van der Waals surface area contributed by atoms with Gasteiger partial charge in [-0.3, -0.25) is 0 Å². The lowest BCUT2D eigenvalue weighted by molar-refractivity contribution is -0.358. The minimum absolute atomic E-state index is 0.0119. The normalized spacial score (nSPS) is 33.2. The number of aliphatic hydroxyl groups is 1. The van der Waals surface area contributed by atoms with Gasteiger partial charge in [0.15, 0.2) is 20.9 Å². The molecule has 2 saturated heterocycles. The molecule has 1 aromatic rings. The van der Waals surface area contributed by atoms with Crippen LogP contribution in [-0.4, -0.2) is 57.3 Å². The first-order chi connectivity index (χ1) is 13.6. The highest BCUT2D eigenvalue weighted by Crippen LogP contribution is 2.42. The van der Waals surface area contributed by atoms with E-state index < -0.39 is 39.2 Å². The molecular formula is C22H34O6Si. The van der Waals surface area contributed by atoms with Gasteiger partial charge < -0.3 is 28.5 Å². The van der Waals surface area contributed by atoms with Gasteiger partial charge in [0, 0.05) is 5.56 Å². The second-order valence-electron chi connectivity index (χ2n) is 9.17. The fourth-order valence-corrected chi connectivity index (χ4v) is 4.60. The van der Waals surface area contributed by atoms with Gasteiger partial charge in [-0.2, -0.15) is 0 Å². The second-order valence-corrected chi connectivity index (χ2v) is 13.9. The van der Waals surface area contributed by atoms with Gasteiger partial charge >= 0.3 is 0 Å². The van der Waals surface area contributed by atoms with Crippen LogP contribution in [0, 0.1) is 0 Å². The summed E-state index contributed by atoms with van der Waals surface area (Å²) in [4.78, 5) is 0. The molecule has 0 aromatic heterocycles. The molecule has 0 saturated carbocycles. The Labute approximate surface area is 174 Å². The maximum atomic E-state index is 11.1. The molecule has 0 amide bonds. The third-order valence-electron chi connectivity index (χ3n) is 5.99. The summed E-state index contributed by atoms with van der Waals surface area (Å²) in [6.07, 6.45) is -2.09. The molecule has 2 heterocycles. The molecule has 2 aliphatic heterocycles. The molecule has 6 atom stereocenters. The van der Waals surface area contributed by atoms with Crippen molar-refractivity contribution in [3.8, 4) is 0 Å². The van der Waals surface area contributed by atoms with E-state index in [9.17, 15) is 5.11 Å². The van der Waals surface area contributed by atoms with Crippen molar-refractivity contribution in [1.29, 1.82) is 0 Å². The van der Waals surface area contributed by atoms with Crippen LogP contribution in [0.4, 0.5) is 0 Å². The lowest BCUT2D eigenvalue weighted by Gasteiger charge is -2.51. The number of aliphatic hydroxyl groups excluding tert-OH is 1. The minimum Gasteiger partial charge on any atom is -0.408 e. The summed E-state index contributed by atoms with van der Waals surface area (Å²) in [7, 11) is -2.18. The topological polar surface area (TPSA) is 66.4 Å². The summed E-state index contributed by atoms with van der Waals surface area (Å²) in [5.74, 6) is 0. The van der Waals surface area contributed by atoms with Crippen molar-refractivity contribution in [2.75, 3.05) is 13.2 Å². The third kappa shape index (κ3) is 4.99. The molecule has 2 fully saturated rings. The van der Waals surface area contributed by atoms with Crippen molar-refractivity contribution < 1.29 is 28.5 Å². The highest BCUT2D eigenvalue weighted by molar-refractivity contribution is 6.74. The molecule has 0 bridgehead atoms. The molecule has 2 aliphatic rings. The molecule has 1 N–H and O–H groups in total. The van der Waals surface area contributed by atoms with Crippen molar-refractivity contribution in [1.82, 2.24) is 0 Å². The fraction of sp³-hybridized carbons (Fsp3) is 0.636. The van der Waals surface area contributed by atoms with Gasteiger partial charge in [-0.15, -0.1) is 6.58 Å². The van der Waals surface area contributed by atoms with Crippen LogP contribution in [0.15, 0.2) is 43.0 Å². The maximum absolute atomic E-state index is 11.1. The lowest BCUT2D eigenvalue weighted by Crippen LogP contribution is -2.65. The Hall–Kier alpha value is -1.06. The predicted molar refractivity (Wildman–Crippen MR) is 113 cm³/mol. The Morgan fingerprint density at radius 1 is 1.21 bits per heavy atom. The number of fused-ring (bicyclic) bond motifs is 1. The summed E-state index contributed by atoms with van der Waals surface area (Å²) < 4.78 is 30.5. The Balaban J connectivity index is 1.85. The van der Waals surface area contributed by atoms with Crippen molar-refractivity contribution in [3.05, 3.63) is 48.6 Å². The number of hydrogen-bond acceptors (Lipinski definition) is 6. The van der Waals surface area contributed by atoms with Gasteiger partial charge in [-0.05, 0) is 18.1 Å². The standard InChI is InChI=1S/C22H34O6Si/c1-7-13-24-21-17(23)19(28-29(5,6)22(2,3)4)18-16(26-21)14-25-20(27-18)15-11-9-8-10-12-15/h7-12,16-21,23H,1,13-14H2,2-6H3/t16-,17-,18-,19-,20?,21+/m1/s1. The summed E-state index contributed by atoms with van der Waals surface area (Å²) in [6.45, 7) is 15.1. The Morgan fingerprint density at radius 3 is 2.52 bits per heavy atom. The van der Waals surface area contributed by atoms with Gasteiger partial charge in [0.05, 0.1) is 13.2 Å². The average molecular weight is 423 g/mol. The van der Waals surface area contributed by atoms with Crippen LogP contribution < -0.4 is 0 Å². The van der Waals surface area contributed by atoms with Crippen molar-refractivity contribution >= 4 is 8.32 Å². The summed E-state index contributed by atoms with van der Waals surface area (Å²) in [5.41, 5.74) is 0.927. The SMILES string of the molecule is C=CCO[C@H]1O[C@@H]2COC(c3ccccc3)O[C@H]2[C@H](O[Si](C)(C)C(C)(C)C)[C@H]1O. The first-order valence-corrected chi connectivity index (χ1v) is 13.1. The van der Waals surface area contributed by atoms with E-state index in [1.807, 2.05) is 30.3 Å². The molecule has 1 unspecified atom stereocenters. The predicted octanol–water partition coefficient (Wildman–Crippen LogP) is 3.78. The first-order valence-electron chi connectivity index (χ1n) is 10.2. The lowest BCUT2D eigenvalue weighted by atomic mass is 9.98. The van der Waals surface area contributed by atoms with Gasteiger partial charge in [-0.25, -0.2) is 0 Å². The highest BCUT2D eigenvalue weighted by atomic mass is 28.4. The largest absolute Gasteiger partial charge is 0.408 e. The number of ether oxygens (including phenoxy) is 4. The summed E-state index contributed by atoms with van der Waals surface area (Å²) >= 11 is 0. The van der Waals surface area contributed by atoms with E-state index >= 15 is 0 Å². The van der Waals surface area contributed by atoms with Crippen LogP contribution >= 0.6 is 0 Å². The summed E-state index contributed by atoms with van der Waals surface area (Å²) in [5, 5.41) is 11.1. The van der Waals surface area contributed by atoms with E-state index in [1.54, 1.807) is 6.08 Å². The number of hydrogen-bond donors (Lipinski definition) is 1. The molecule has 162 valence electrons. The number of benzene rings is 1. The zero-order valence-electron chi connectivity index (χ0n) is 18.0. The smallest absolute Gasteiger partial charge is 0.192 e. The molecule has 0 aliphatic carbocycles. The molecule has 6 nitrogen and oxygen atoms in total. The van der Waals surface area contributed by atoms with E-state index in [2.05, 4.69) is 40.4 Å². The molecule has 0 spiro atoms. The van der Waals surface area contributed by atoms with Gasteiger partial charge in [0.2, 0.25) is 0 Å². The molecule has 1 aromatic carbocycles. The van der Waals surface area contributed by atoms with E-state index in [0.717, 1.165) is 5.56 Å². The van der Waals surface area contributed by atoms with Crippen molar-refractivity contribution in [2.24, 2.45) is 0 Å². The zero-order chi connectivity index (χ0) is 21.2. The Kier molecular flexibility index (Phi) is 7.00. The van der Waals surface area contributed by atoms with Crippen LogP contribution in [0.5, 0.6) is 0 Å². The number of rotatable bonds is 6. The van der Waals surface area contributed by atoms with E-state index in [0.29, 0.717) is 6.61 Å². The van der Waals surface area contributed by atoms with E-state index in [-0.39, 0.29) is 17.7 Å². The van der Waals surface area contributed by atoms with E-state index in [4.69, 9.17) is 23.4 Å². The molecule has 29 heavy (non-hydrogen) atoms. The zero-order valence-corrected chi connectivity index (χ0v) is 19.0. The maximum Gasteiger partial charge on any atom is 0.192 e. The first kappa shape index (κ1) is 22.6. The van der Waals surface area contributed by atoms with Crippen molar-refractivity contribution in [3.63, 3.8) is 0 Å². The van der Waals surface area contributed by atoms with E-state index in [1.165, 1.54) is 0 Å². The fourth-order valence-electron chi connectivity index (χ4n) is 3.29. The monoisotopic (exact) mass is 422 g/mol. The molecule has 3 rings (SSSR count). The average Bonchev–Trinajstić information content (AvgIpc) is 2.68. The molecule has 0 radical (unpaired) electrons. The minimum atomic E-state index is -2.18. The summed E-state index contributed by atoms with van der Waals surface area (Å²) in [6, 6.07) is 9.77. The Bertz CT molecular complexity index is 674. The van der Waals surface area contributed by atoms with Crippen LogP contribution in [0.2, 0.25) is 18.1 Å². The van der Waals surface area contributed by atoms with Crippen LogP contribution in [0.3, 0.4) is 0 Å². The quantitative estimate of drug-likeness (QED) is 0.556. The third-order valence-corrected chi connectivity index (χ3v) is 10.5. The molecular weight excluding hydrogens is 388 g/mol. The second kappa shape index (κ2) is 8.97. The Morgan fingerprint density at radius 2 is 1.90 bits per heavy atom. The van der Waals surface area contributed by atoms with Gasteiger partial charge in [0.25, 0.3) is 0 Å².